The zero-order chi connectivity index (χ0) is 26.3. The van der Waals surface area contributed by atoms with Gasteiger partial charge in [-0.25, -0.2) is 9.59 Å². The van der Waals surface area contributed by atoms with Crippen LogP contribution in [0.1, 0.15) is 56.7 Å². The van der Waals surface area contributed by atoms with Crippen LogP contribution in [-0.4, -0.2) is 65.2 Å². The number of likely N-dealkylation sites (N-methyl/N-ethyl adjacent to an activating group) is 1. The molecule has 0 spiro atoms. The van der Waals surface area contributed by atoms with Gasteiger partial charge in [0, 0.05) is 18.5 Å². The van der Waals surface area contributed by atoms with Gasteiger partial charge in [0.1, 0.15) is 11.8 Å². The smallest absolute Gasteiger partial charge is 0.414 e. The number of carbonyl (C=O) groups excluding carboxylic acids is 1. The predicted molar refractivity (Wildman–Crippen MR) is 127 cm³/mol. The number of hydrogen-bond donors (Lipinski definition) is 4. The Labute approximate surface area is 200 Å². The normalized spacial score (nSPS) is 11.6. The lowest BCUT2D eigenvalue weighted by atomic mass is 10.0. The summed E-state index contributed by atoms with van der Waals surface area (Å²) in [6.45, 7) is 4.68. The van der Waals surface area contributed by atoms with Gasteiger partial charge >= 0.3 is 17.9 Å². The average molecular weight is 481 g/mol. The molecule has 10 nitrogen and oxygen atoms in total. The van der Waals surface area contributed by atoms with Gasteiger partial charge in [-0.05, 0) is 50.9 Å². The van der Waals surface area contributed by atoms with Crippen LogP contribution in [0, 0.1) is 5.92 Å². The Morgan fingerprint density at radius 2 is 1.68 bits per heavy atom. The Balaban J connectivity index is 0.00000160. The van der Waals surface area contributed by atoms with E-state index in [1.54, 1.807) is 31.1 Å². The SMILES string of the molecule is COc1cc(CNC(=O)CCCC/C=C/C(C)C)ccc1C(C(=O)O)N(C)C.O=C(O)C(=O)O. The van der Waals surface area contributed by atoms with Crippen LogP contribution in [0.3, 0.4) is 0 Å². The highest BCUT2D eigenvalue weighted by atomic mass is 16.5. The van der Waals surface area contributed by atoms with Gasteiger partial charge in [0.05, 0.1) is 7.11 Å². The molecule has 1 aromatic carbocycles. The molecule has 10 heteroatoms. The average Bonchev–Trinajstić information content (AvgIpc) is 2.75. The Morgan fingerprint density at radius 1 is 1.06 bits per heavy atom. The minimum absolute atomic E-state index is 0.0209. The quantitative estimate of drug-likeness (QED) is 0.201. The lowest BCUT2D eigenvalue weighted by molar-refractivity contribution is -0.159. The minimum Gasteiger partial charge on any atom is -0.496 e. The molecule has 34 heavy (non-hydrogen) atoms. The number of rotatable bonds is 12. The first kappa shape index (κ1) is 30.6. The maximum Gasteiger partial charge on any atom is 0.414 e. The third-order valence-corrected chi connectivity index (χ3v) is 4.56. The van der Waals surface area contributed by atoms with Crippen LogP contribution >= 0.6 is 0 Å². The van der Waals surface area contributed by atoms with Crippen molar-refractivity contribution < 1.29 is 39.2 Å². The second kappa shape index (κ2) is 16.2. The first-order valence-electron chi connectivity index (χ1n) is 10.9. The van der Waals surface area contributed by atoms with Crippen molar-refractivity contribution in [1.29, 1.82) is 0 Å². The van der Waals surface area contributed by atoms with Crippen LogP contribution in [0.2, 0.25) is 0 Å². The number of benzene rings is 1. The zero-order valence-corrected chi connectivity index (χ0v) is 20.4. The molecule has 0 aliphatic rings. The zero-order valence-electron chi connectivity index (χ0n) is 20.4. The fourth-order valence-electron chi connectivity index (χ4n) is 2.93. The maximum atomic E-state index is 12.0. The molecule has 1 unspecified atom stereocenters. The summed E-state index contributed by atoms with van der Waals surface area (Å²) in [5, 5.41) is 27.2. The highest BCUT2D eigenvalue weighted by molar-refractivity contribution is 6.27. The van der Waals surface area contributed by atoms with E-state index in [0.29, 0.717) is 30.2 Å². The van der Waals surface area contributed by atoms with Crippen LogP contribution in [0.15, 0.2) is 30.4 Å². The number of nitrogens with one attached hydrogen (secondary N) is 1. The fourth-order valence-corrected chi connectivity index (χ4v) is 2.93. The standard InChI is InChI=1S/C22H34N2O4.C2H2O4/c1-16(2)10-8-6-7-9-11-20(25)23-15-17-12-13-18(19(14-17)28-5)21(22(26)27)24(3)4;3-1(4)2(5)6/h8,10,12-14,16,21H,6-7,9,11,15H2,1-5H3,(H,23,25)(H,26,27);(H,3,4)(H,5,6)/b10-8+;. The number of ether oxygens (including phenoxy) is 1. The lowest BCUT2D eigenvalue weighted by Gasteiger charge is -2.22. The summed E-state index contributed by atoms with van der Waals surface area (Å²) >= 11 is 0. The topological polar surface area (TPSA) is 153 Å². The third kappa shape index (κ3) is 12.6. The highest BCUT2D eigenvalue weighted by Gasteiger charge is 2.25. The van der Waals surface area contributed by atoms with E-state index in [-0.39, 0.29) is 5.91 Å². The van der Waals surface area contributed by atoms with E-state index in [2.05, 4.69) is 31.3 Å². The van der Waals surface area contributed by atoms with Gasteiger partial charge in [0.15, 0.2) is 0 Å². The molecule has 0 aliphatic carbocycles. The number of carbonyl (C=O) groups is 4. The summed E-state index contributed by atoms with van der Waals surface area (Å²) in [4.78, 5) is 43.4. The van der Waals surface area contributed by atoms with Crippen molar-refractivity contribution >= 4 is 23.8 Å². The van der Waals surface area contributed by atoms with E-state index in [1.165, 1.54) is 7.11 Å². The van der Waals surface area contributed by atoms with Gasteiger partial charge in [-0.2, -0.15) is 0 Å². The molecule has 1 rings (SSSR count). The largest absolute Gasteiger partial charge is 0.496 e. The monoisotopic (exact) mass is 480 g/mol. The van der Waals surface area contributed by atoms with E-state index in [1.807, 2.05) is 6.07 Å². The Bertz CT molecular complexity index is 837. The molecule has 1 atom stereocenters. The number of aliphatic carboxylic acids is 3. The van der Waals surface area contributed by atoms with Crippen molar-refractivity contribution in [1.82, 2.24) is 10.2 Å². The van der Waals surface area contributed by atoms with Crippen LogP contribution in [0.4, 0.5) is 0 Å². The number of carboxylic acids is 3. The molecular formula is C24H36N2O8. The highest BCUT2D eigenvalue weighted by Crippen LogP contribution is 2.29. The number of hydrogen-bond acceptors (Lipinski definition) is 6. The van der Waals surface area contributed by atoms with Crippen molar-refractivity contribution in [3.8, 4) is 5.75 Å². The molecule has 0 aromatic heterocycles. The van der Waals surface area contributed by atoms with Gasteiger partial charge < -0.3 is 25.4 Å². The van der Waals surface area contributed by atoms with Crippen molar-refractivity contribution in [2.75, 3.05) is 21.2 Å². The first-order valence-corrected chi connectivity index (χ1v) is 10.9. The van der Waals surface area contributed by atoms with E-state index in [0.717, 1.165) is 24.8 Å². The van der Waals surface area contributed by atoms with Crippen molar-refractivity contribution in [2.24, 2.45) is 5.92 Å². The van der Waals surface area contributed by atoms with Gasteiger partial charge in [-0.3, -0.25) is 14.5 Å². The van der Waals surface area contributed by atoms with E-state index in [4.69, 9.17) is 24.5 Å². The second-order valence-electron chi connectivity index (χ2n) is 8.09. The van der Waals surface area contributed by atoms with E-state index in [9.17, 15) is 14.7 Å². The van der Waals surface area contributed by atoms with Gasteiger partial charge in [-0.1, -0.05) is 38.1 Å². The second-order valence-corrected chi connectivity index (χ2v) is 8.09. The van der Waals surface area contributed by atoms with Crippen LogP contribution in [0.25, 0.3) is 0 Å². The summed E-state index contributed by atoms with van der Waals surface area (Å²) in [5.41, 5.74) is 1.46. The van der Waals surface area contributed by atoms with E-state index >= 15 is 0 Å². The molecule has 0 saturated carbocycles. The molecular weight excluding hydrogens is 444 g/mol. The number of nitrogens with zero attached hydrogens (tertiary/aromatic N) is 1. The lowest BCUT2D eigenvalue weighted by Crippen LogP contribution is -2.28. The molecule has 0 bridgehead atoms. The van der Waals surface area contributed by atoms with Crippen molar-refractivity contribution in [3.05, 3.63) is 41.5 Å². The molecule has 0 heterocycles. The summed E-state index contributed by atoms with van der Waals surface area (Å²) in [7, 11) is 4.94. The number of methoxy groups -OCH3 is 1. The van der Waals surface area contributed by atoms with Crippen LogP contribution < -0.4 is 10.1 Å². The molecule has 190 valence electrons. The summed E-state index contributed by atoms with van der Waals surface area (Å²) in [6.07, 6.45) is 7.73. The fraction of sp³-hybridized carbons (Fsp3) is 0.500. The Hall–Kier alpha value is -3.40. The number of unbranched alkanes of at least 4 members (excludes halogenated alkanes) is 2. The van der Waals surface area contributed by atoms with Crippen LogP contribution in [-0.2, 0) is 25.7 Å². The molecule has 0 fully saturated rings. The molecule has 0 saturated heterocycles. The summed E-state index contributed by atoms with van der Waals surface area (Å²) in [6, 6.07) is 4.57. The third-order valence-electron chi connectivity index (χ3n) is 4.56. The summed E-state index contributed by atoms with van der Waals surface area (Å²) < 4.78 is 5.38. The first-order chi connectivity index (χ1) is 15.9. The van der Waals surface area contributed by atoms with Crippen molar-refractivity contribution in [3.63, 3.8) is 0 Å². The maximum absolute atomic E-state index is 12.0. The number of carboxylic acid groups (broad SMARTS) is 3. The molecule has 0 aliphatic heterocycles. The minimum atomic E-state index is -1.82. The van der Waals surface area contributed by atoms with E-state index < -0.39 is 23.9 Å². The Morgan fingerprint density at radius 3 is 2.15 bits per heavy atom. The van der Waals surface area contributed by atoms with Gasteiger partial charge in [0.2, 0.25) is 5.91 Å². The van der Waals surface area contributed by atoms with Gasteiger partial charge in [0.25, 0.3) is 0 Å². The van der Waals surface area contributed by atoms with Gasteiger partial charge in [-0.15, -0.1) is 0 Å². The van der Waals surface area contributed by atoms with Crippen LogP contribution in [0.5, 0.6) is 5.75 Å². The number of amides is 1. The Kier molecular flexibility index (Phi) is 14.6. The molecule has 0 radical (unpaired) electrons. The predicted octanol–water partition coefficient (Wildman–Crippen LogP) is 2.93. The van der Waals surface area contributed by atoms with Crippen molar-refractivity contribution in [2.45, 2.75) is 52.1 Å². The number of allylic oxidation sites excluding steroid dienone is 2. The molecule has 1 amide bonds. The molecule has 4 N–H and O–H groups in total. The molecule has 1 aromatic rings. The summed E-state index contributed by atoms with van der Waals surface area (Å²) in [5.74, 6) is -3.50.